The number of nitrogens with zero attached hydrogens (tertiary/aromatic N) is 2. The lowest BCUT2D eigenvalue weighted by atomic mass is 10.1. The van der Waals surface area contributed by atoms with Crippen LogP contribution in [-0.2, 0) is 11.3 Å². The average molecular weight is 301 g/mol. The number of halogens is 1. The van der Waals surface area contributed by atoms with Gasteiger partial charge in [0.25, 0.3) is 0 Å². The van der Waals surface area contributed by atoms with E-state index in [-0.39, 0.29) is 6.54 Å². The molecule has 106 valence electrons. The molecule has 0 aliphatic rings. The van der Waals surface area contributed by atoms with E-state index >= 15 is 0 Å². The lowest BCUT2D eigenvalue weighted by Gasteiger charge is -2.23. The molecule has 0 bridgehead atoms. The fourth-order valence-electron chi connectivity index (χ4n) is 2.03. The zero-order valence-corrected chi connectivity index (χ0v) is 11.9. The Kier molecular flexibility index (Phi) is 4.81. The molecular formula is C16H13ClN2O2. The molecule has 21 heavy (non-hydrogen) atoms. The molecule has 0 unspecified atom stereocenters. The largest absolute Gasteiger partial charge is 0.480 e. The summed E-state index contributed by atoms with van der Waals surface area (Å²) in [4.78, 5) is 12.8. The van der Waals surface area contributed by atoms with Crippen LogP contribution in [0.4, 0.5) is 5.69 Å². The predicted molar refractivity (Wildman–Crippen MR) is 81.3 cm³/mol. The number of benzene rings is 2. The summed E-state index contributed by atoms with van der Waals surface area (Å²) < 4.78 is 0. The highest BCUT2D eigenvalue weighted by Gasteiger charge is 2.13. The highest BCUT2D eigenvalue weighted by Crippen LogP contribution is 2.21. The van der Waals surface area contributed by atoms with Crippen LogP contribution in [0.5, 0.6) is 0 Å². The number of rotatable bonds is 5. The van der Waals surface area contributed by atoms with Crippen LogP contribution in [0, 0.1) is 11.3 Å². The van der Waals surface area contributed by atoms with Gasteiger partial charge in [-0.1, -0.05) is 29.8 Å². The van der Waals surface area contributed by atoms with Crippen LogP contribution in [-0.4, -0.2) is 17.6 Å². The van der Waals surface area contributed by atoms with E-state index in [1.54, 1.807) is 41.3 Å². The number of carbonyl (C=O) groups is 1. The second kappa shape index (κ2) is 6.78. The maximum atomic E-state index is 11.1. The summed E-state index contributed by atoms with van der Waals surface area (Å²) in [6.07, 6.45) is 0. The number of carboxylic acids is 1. The van der Waals surface area contributed by atoms with Crippen LogP contribution >= 0.6 is 11.6 Å². The lowest BCUT2D eigenvalue weighted by molar-refractivity contribution is -0.135. The molecule has 0 atom stereocenters. The minimum atomic E-state index is -0.931. The molecule has 0 spiro atoms. The molecule has 0 saturated carbocycles. The molecule has 0 aliphatic carbocycles. The van der Waals surface area contributed by atoms with Crippen molar-refractivity contribution in [3.63, 3.8) is 0 Å². The quantitative estimate of drug-likeness (QED) is 0.920. The summed E-state index contributed by atoms with van der Waals surface area (Å²) in [5.74, 6) is -0.931. The Morgan fingerprint density at radius 2 is 1.86 bits per heavy atom. The molecule has 0 heterocycles. The van der Waals surface area contributed by atoms with Crippen molar-refractivity contribution in [2.75, 3.05) is 11.4 Å². The van der Waals surface area contributed by atoms with Crippen LogP contribution in [0.1, 0.15) is 11.1 Å². The van der Waals surface area contributed by atoms with E-state index in [0.29, 0.717) is 17.1 Å². The Balaban J connectivity index is 2.30. The van der Waals surface area contributed by atoms with Gasteiger partial charge >= 0.3 is 5.97 Å². The van der Waals surface area contributed by atoms with Gasteiger partial charge in [-0.25, -0.2) is 0 Å². The van der Waals surface area contributed by atoms with Crippen molar-refractivity contribution in [3.8, 4) is 6.07 Å². The summed E-state index contributed by atoms with van der Waals surface area (Å²) in [5.41, 5.74) is 2.08. The van der Waals surface area contributed by atoms with Gasteiger partial charge in [-0.2, -0.15) is 5.26 Å². The number of hydrogen-bond donors (Lipinski definition) is 1. The normalized spacial score (nSPS) is 9.90. The van der Waals surface area contributed by atoms with E-state index in [2.05, 4.69) is 6.07 Å². The number of hydrogen-bond acceptors (Lipinski definition) is 3. The molecule has 2 rings (SSSR count). The third-order valence-electron chi connectivity index (χ3n) is 3.02. The lowest BCUT2D eigenvalue weighted by Crippen LogP contribution is -2.29. The minimum Gasteiger partial charge on any atom is -0.480 e. The number of nitriles is 1. The predicted octanol–water partition coefficient (Wildman–Crippen LogP) is 3.30. The Morgan fingerprint density at radius 1 is 1.19 bits per heavy atom. The topological polar surface area (TPSA) is 64.3 Å². The first-order valence-electron chi connectivity index (χ1n) is 6.30. The van der Waals surface area contributed by atoms with Crippen LogP contribution in [0.15, 0.2) is 48.5 Å². The Morgan fingerprint density at radius 3 is 2.48 bits per heavy atom. The molecule has 2 aromatic rings. The van der Waals surface area contributed by atoms with Crippen LogP contribution < -0.4 is 4.90 Å². The van der Waals surface area contributed by atoms with Gasteiger partial charge in [0.05, 0.1) is 11.6 Å². The average Bonchev–Trinajstić information content (AvgIpc) is 2.47. The van der Waals surface area contributed by atoms with Crippen LogP contribution in [0.25, 0.3) is 0 Å². The minimum absolute atomic E-state index is 0.151. The van der Waals surface area contributed by atoms with E-state index in [1.165, 1.54) is 0 Å². The standard InChI is InChI=1S/C16H13ClN2O2/c17-14-5-7-15(8-6-14)19(11-16(20)21)10-13-4-2-1-3-12(13)9-18/h1-8H,10-11H2,(H,20,21). The van der Waals surface area contributed by atoms with E-state index in [4.69, 9.17) is 22.0 Å². The van der Waals surface area contributed by atoms with Crippen molar-refractivity contribution < 1.29 is 9.90 Å². The van der Waals surface area contributed by atoms with Crippen molar-refractivity contribution in [1.82, 2.24) is 0 Å². The molecule has 1 N–H and O–H groups in total. The Labute approximate surface area is 127 Å². The number of carboxylic acid groups (broad SMARTS) is 1. The maximum absolute atomic E-state index is 11.1. The first-order valence-corrected chi connectivity index (χ1v) is 6.68. The van der Waals surface area contributed by atoms with Crippen LogP contribution in [0.2, 0.25) is 5.02 Å². The molecule has 0 amide bonds. The second-order valence-corrected chi connectivity index (χ2v) is 4.93. The van der Waals surface area contributed by atoms with Crippen molar-refractivity contribution in [2.24, 2.45) is 0 Å². The van der Waals surface area contributed by atoms with Crippen molar-refractivity contribution in [1.29, 1.82) is 5.26 Å². The molecule has 0 radical (unpaired) electrons. The highest BCUT2D eigenvalue weighted by atomic mass is 35.5. The van der Waals surface area contributed by atoms with Gasteiger partial charge < -0.3 is 10.0 Å². The van der Waals surface area contributed by atoms with Crippen molar-refractivity contribution in [2.45, 2.75) is 6.54 Å². The summed E-state index contributed by atoms with van der Waals surface area (Å²) in [6, 6.07) is 16.2. The van der Waals surface area contributed by atoms with Crippen molar-refractivity contribution >= 4 is 23.3 Å². The van der Waals surface area contributed by atoms with Gasteiger partial charge in [0.2, 0.25) is 0 Å². The number of aliphatic carboxylic acids is 1. The molecule has 0 saturated heterocycles. The van der Waals surface area contributed by atoms with E-state index in [9.17, 15) is 4.79 Å². The van der Waals surface area contributed by atoms with E-state index in [0.717, 1.165) is 11.3 Å². The van der Waals surface area contributed by atoms with E-state index < -0.39 is 5.97 Å². The first-order chi connectivity index (χ1) is 10.1. The summed E-state index contributed by atoms with van der Waals surface area (Å²) in [6.45, 7) is 0.194. The molecular weight excluding hydrogens is 288 g/mol. The molecule has 0 aromatic heterocycles. The van der Waals surface area contributed by atoms with Gasteiger partial charge in [-0.05, 0) is 35.9 Å². The zero-order chi connectivity index (χ0) is 15.2. The third-order valence-corrected chi connectivity index (χ3v) is 3.27. The zero-order valence-electron chi connectivity index (χ0n) is 11.2. The molecule has 4 nitrogen and oxygen atoms in total. The summed E-state index contributed by atoms with van der Waals surface area (Å²) in [5, 5.41) is 18.8. The fourth-order valence-corrected chi connectivity index (χ4v) is 2.15. The Hall–Kier alpha value is -2.51. The van der Waals surface area contributed by atoms with Gasteiger partial charge in [0.1, 0.15) is 6.54 Å². The smallest absolute Gasteiger partial charge is 0.323 e. The SMILES string of the molecule is N#Cc1ccccc1CN(CC(=O)O)c1ccc(Cl)cc1. The Bertz CT molecular complexity index is 677. The monoisotopic (exact) mass is 300 g/mol. The maximum Gasteiger partial charge on any atom is 0.323 e. The molecule has 0 aliphatic heterocycles. The van der Waals surface area contributed by atoms with Gasteiger partial charge in [-0.3, -0.25) is 4.79 Å². The molecule has 2 aromatic carbocycles. The highest BCUT2D eigenvalue weighted by molar-refractivity contribution is 6.30. The van der Waals surface area contributed by atoms with Gasteiger partial charge in [-0.15, -0.1) is 0 Å². The number of anilines is 1. The molecule has 0 fully saturated rings. The van der Waals surface area contributed by atoms with E-state index in [1.807, 2.05) is 12.1 Å². The summed E-state index contributed by atoms with van der Waals surface area (Å²) >= 11 is 5.85. The van der Waals surface area contributed by atoms with Gasteiger partial charge in [0.15, 0.2) is 0 Å². The molecule has 5 heteroatoms. The van der Waals surface area contributed by atoms with Crippen LogP contribution in [0.3, 0.4) is 0 Å². The van der Waals surface area contributed by atoms with Gasteiger partial charge in [0, 0.05) is 17.3 Å². The third kappa shape index (κ3) is 3.98. The summed E-state index contributed by atoms with van der Waals surface area (Å²) in [7, 11) is 0. The fraction of sp³-hybridized carbons (Fsp3) is 0.125. The van der Waals surface area contributed by atoms with Crippen molar-refractivity contribution in [3.05, 3.63) is 64.7 Å². The second-order valence-electron chi connectivity index (χ2n) is 4.50. The first kappa shape index (κ1) is 14.9.